The first kappa shape index (κ1) is 90.0. The van der Waals surface area contributed by atoms with E-state index in [0.29, 0.717) is 0 Å². The van der Waals surface area contributed by atoms with Gasteiger partial charge in [0.1, 0.15) is 0 Å². The molecule has 1 aliphatic heterocycles. The first-order valence-electron chi connectivity index (χ1n) is 41.6. The average molecular weight is 1320 g/mol. The monoisotopic (exact) mass is 1320 g/mol. The van der Waals surface area contributed by atoms with Gasteiger partial charge in [-0.25, -0.2) is 4.70 Å². The Morgan fingerprint density at radius 3 is 0.663 bits per heavy atom. The molecule has 3 heteroatoms. The molecule has 2 nitrogen and oxygen atoms in total. The third-order valence-electron chi connectivity index (χ3n) is 20.0. The van der Waals surface area contributed by atoms with Crippen molar-refractivity contribution < 1.29 is 21.2 Å². The van der Waals surface area contributed by atoms with Gasteiger partial charge in [0.05, 0.1) is 0 Å². The standard InChI is InChI=1S/C45H70N2.2C22H45.Ni/c1-7-13-17-18-19-20-21-22-23-24-25-29-43-42(28-16-10-4)44(40-32-36(11-5)30-38(34-40)26-14-8-2)47(46)45(43)41-33-37(12-6)31-39(35-41)27-15-9-3;2*1-3-5-7-9-11-13-15-17-19-21-22-20-18-16-14-12-10-8-6-4-2;/h30-35H,7-29H2,1-6H3;2*1,3-22H2,2H3;/q;2*-1;+2. The van der Waals surface area contributed by atoms with Crippen LogP contribution in [0.5, 0.6) is 0 Å². The van der Waals surface area contributed by atoms with Crippen LogP contribution in [0, 0.1) is 13.8 Å². The fourth-order valence-electron chi connectivity index (χ4n) is 13.9. The SMILES string of the molecule is CCCCCCCCCCCCCC1=C(c2cc(CC)cc(CCCC)c2)[N+](=[N-])C(c2cc(CC)cc(CCCC)c2)=C1CCCC.[CH2-]CCCCCCCCCCCCCCCCCCCCC.[CH2-]CCCCCCCCCCCCCCCCCCCCC.[Ni+2]. The van der Waals surface area contributed by atoms with Gasteiger partial charge >= 0.3 is 16.5 Å². The number of rotatable bonds is 63. The number of hydrogen-bond donors (Lipinski definition) is 0. The summed E-state index contributed by atoms with van der Waals surface area (Å²) in [5.74, 6) is 0. The first-order chi connectivity index (χ1) is 44.8. The summed E-state index contributed by atoms with van der Waals surface area (Å²) in [6, 6.07) is 14.3. The van der Waals surface area contributed by atoms with Gasteiger partial charge in [0.2, 0.25) is 11.4 Å². The van der Waals surface area contributed by atoms with Crippen molar-refractivity contribution in [1.82, 2.24) is 0 Å². The molecule has 1 heterocycles. The van der Waals surface area contributed by atoms with Crippen LogP contribution in [0.2, 0.25) is 0 Å². The number of nitrogens with zero attached hydrogens (tertiary/aromatic N) is 2. The van der Waals surface area contributed by atoms with Gasteiger partial charge in [0.25, 0.3) is 0 Å². The van der Waals surface area contributed by atoms with Gasteiger partial charge in [-0.15, -0.1) is 0 Å². The largest absolute Gasteiger partial charge is 2.00 e. The molecule has 0 saturated carbocycles. The quantitative estimate of drug-likeness (QED) is 0.0273. The number of aryl methyl sites for hydroxylation is 4. The van der Waals surface area contributed by atoms with Crippen molar-refractivity contribution in [2.24, 2.45) is 0 Å². The molecule has 0 unspecified atom stereocenters. The Labute approximate surface area is 589 Å². The normalized spacial score (nSPS) is 12.2. The van der Waals surface area contributed by atoms with Crippen molar-refractivity contribution >= 4 is 11.4 Å². The third-order valence-corrected chi connectivity index (χ3v) is 20.0. The summed E-state index contributed by atoms with van der Waals surface area (Å²) in [6.07, 6.45) is 85.9. The Balaban J connectivity index is 0.00000154. The van der Waals surface area contributed by atoms with Gasteiger partial charge in [-0.2, -0.15) is 12.8 Å². The third kappa shape index (κ3) is 48.7. The van der Waals surface area contributed by atoms with Crippen LogP contribution in [0.25, 0.3) is 16.9 Å². The molecule has 2 aromatic rings. The molecule has 0 bridgehead atoms. The van der Waals surface area contributed by atoms with E-state index in [1.54, 1.807) is 4.70 Å². The summed E-state index contributed by atoms with van der Waals surface area (Å²) in [5, 5.41) is 0. The Morgan fingerprint density at radius 1 is 0.239 bits per heavy atom. The maximum atomic E-state index is 12.4. The molecule has 0 atom stereocenters. The molecule has 0 radical (unpaired) electrons. The van der Waals surface area contributed by atoms with Gasteiger partial charge < -0.3 is 19.4 Å². The fraction of sp³-hybridized carbons (Fsp3) is 0.798. The van der Waals surface area contributed by atoms with Crippen molar-refractivity contribution in [2.75, 3.05) is 0 Å². The molecule has 0 saturated heterocycles. The smallest absolute Gasteiger partial charge is 0.493 e. The minimum absolute atomic E-state index is 0. The molecular formula is C89H160N2Ni. The zero-order valence-corrected chi connectivity index (χ0v) is 64.6. The fourth-order valence-corrected chi connectivity index (χ4v) is 13.9. The zero-order valence-electron chi connectivity index (χ0n) is 63.6. The van der Waals surface area contributed by atoms with Crippen LogP contribution in [0.3, 0.4) is 0 Å². The van der Waals surface area contributed by atoms with Crippen LogP contribution >= 0.6 is 0 Å². The second-order valence-electron chi connectivity index (χ2n) is 28.8. The molecule has 3 rings (SSSR count). The van der Waals surface area contributed by atoms with Crippen LogP contribution in [-0.4, -0.2) is 4.70 Å². The molecule has 0 aromatic heterocycles. The van der Waals surface area contributed by atoms with Gasteiger partial charge in [0, 0.05) is 22.3 Å². The molecule has 1 aliphatic rings. The Kier molecular flexibility index (Phi) is 67.4. The molecule has 0 aliphatic carbocycles. The second kappa shape index (κ2) is 68.9. The van der Waals surface area contributed by atoms with E-state index >= 15 is 0 Å². The van der Waals surface area contributed by atoms with Gasteiger partial charge in [-0.1, -0.05) is 395 Å². The van der Waals surface area contributed by atoms with Crippen molar-refractivity contribution in [3.63, 3.8) is 0 Å². The van der Waals surface area contributed by atoms with Crippen LogP contribution in [-0.2, 0) is 42.2 Å². The molecule has 0 fully saturated rings. The van der Waals surface area contributed by atoms with Crippen LogP contribution in [0.1, 0.15) is 468 Å². The van der Waals surface area contributed by atoms with E-state index in [1.807, 2.05) is 0 Å². The molecular weight excluding hydrogens is 1160 g/mol. The average Bonchev–Trinajstić information content (AvgIpc) is 1.76. The van der Waals surface area contributed by atoms with E-state index in [0.717, 1.165) is 75.6 Å². The van der Waals surface area contributed by atoms with Gasteiger partial charge in [-0.05, 0) is 111 Å². The summed E-state index contributed by atoms with van der Waals surface area (Å²) < 4.78 is 1.63. The number of hydrogen-bond acceptors (Lipinski definition) is 0. The van der Waals surface area contributed by atoms with E-state index in [1.165, 1.54) is 385 Å². The molecule has 2 aromatic carbocycles. The predicted octanol–water partition coefficient (Wildman–Crippen LogP) is 31.8. The predicted molar refractivity (Wildman–Crippen MR) is 414 cm³/mol. The second-order valence-corrected chi connectivity index (χ2v) is 28.8. The molecule has 0 N–H and O–H groups in total. The minimum Gasteiger partial charge on any atom is -0.493 e. The minimum atomic E-state index is 0. The zero-order chi connectivity index (χ0) is 66.1. The summed E-state index contributed by atoms with van der Waals surface area (Å²) >= 11 is 0. The number of allylic oxidation sites excluding steroid dienone is 2. The molecule has 0 amide bonds. The number of benzene rings is 2. The molecule has 92 heavy (non-hydrogen) atoms. The Hall–Kier alpha value is -1.99. The van der Waals surface area contributed by atoms with Crippen LogP contribution in [0.4, 0.5) is 0 Å². The first-order valence-corrected chi connectivity index (χ1v) is 41.6. The van der Waals surface area contributed by atoms with E-state index < -0.39 is 0 Å². The van der Waals surface area contributed by atoms with Crippen molar-refractivity contribution in [3.8, 4) is 0 Å². The maximum absolute atomic E-state index is 12.4. The van der Waals surface area contributed by atoms with E-state index in [-0.39, 0.29) is 16.5 Å². The maximum Gasteiger partial charge on any atom is 2.00 e. The Bertz CT molecular complexity index is 1890. The summed E-state index contributed by atoms with van der Waals surface area (Å²) in [6.45, 7) is 26.1. The van der Waals surface area contributed by atoms with Crippen molar-refractivity contribution in [1.29, 1.82) is 0 Å². The van der Waals surface area contributed by atoms with Crippen LogP contribution < -0.4 is 0 Å². The van der Waals surface area contributed by atoms with Gasteiger partial charge in [0.15, 0.2) is 0 Å². The summed E-state index contributed by atoms with van der Waals surface area (Å²) in [7, 11) is 0. The van der Waals surface area contributed by atoms with E-state index in [2.05, 4.69) is 106 Å². The van der Waals surface area contributed by atoms with E-state index in [4.69, 9.17) is 0 Å². The number of unbranched alkanes of at least 4 members (excludes halogenated alkanes) is 51. The van der Waals surface area contributed by atoms with Crippen molar-refractivity contribution in [2.45, 2.75) is 460 Å². The van der Waals surface area contributed by atoms with Crippen LogP contribution in [0.15, 0.2) is 47.5 Å². The van der Waals surface area contributed by atoms with Crippen molar-refractivity contribution in [3.05, 3.63) is 100 Å². The van der Waals surface area contributed by atoms with E-state index in [9.17, 15) is 5.53 Å². The summed E-state index contributed by atoms with van der Waals surface area (Å²) in [4.78, 5) is 0. The topological polar surface area (TPSA) is 25.3 Å². The molecule has 536 valence electrons. The van der Waals surface area contributed by atoms with Gasteiger partial charge in [-0.3, -0.25) is 0 Å². The summed E-state index contributed by atoms with van der Waals surface area (Å²) in [5.41, 5.74) is 25.2. The Morgan fingerprint density at radius 2 is 0.435 bits per heavy atom. The molecule has 0 spiro atoms.